The van der Waals surface area contributed by atoms with Gasteiger partial charge in [0.25, 0.3) is 0 Å². The SMILES string of the molecule is CC(C)(C)[C@@H]1Cn2nc(-c3cccc4c3OC(F)(F)O4)cc2-c2cc(=O)c(C(=O)O)cn21. The van der Waals surface area contributed by atoms with E-state index in [0.29, 0.717) is 29.2 Å². The van der Waals surface area contributed by atoms with Crippen molar-refractivity contribution in [2.45, 2.75) is 39.7 Å². The molecule has 0 radical (unpaired) electrons. The minimum atomic E-state index is -3.76. The van der Waals surface area contributed by atoms with Crippen molar-refractivity contribution in [3.05, 3.63) is 52.3 Å². The highest BCUT2D eigenvalue weighted by Gasteiger charge is 2.45. The molecular weight excluding hydrogens is 424 g/mol. The van der Waals surface area contributed by atoms with Gasteiger partial charge in [0, 0.05) is 17.8 Å². The Hall–Kier alpha value is -3.69. The third-order valence-electron chi connectivity index (χ3n) is 5.74. The summed E-state index contributed by atoms with van der Waals surface area (Å²) >= 11 is 0. The molecule has 8 nitrogen and oxygen atoms in total. The van der Waals surface area contributed by atoms with E-state index in [1.54, 1.807) is 27.4 Å². The molecule has 0 unspecified atom stereocenters. The number of rotatable bonds is 2. The number of hydrogen-bond donors (Lipinski definition) is 1. The van der Waals surface area contributed by atoms with E-state index < -0.39 is 17.7 Å². The van der Waals surface area contributed by atoms with E-state index in [4.69, 9.17) is 4.74 Å². The van der Waals surface area contributed by atoms with E-state index in [1.165, 1.54) is 18.3 Å². The normalized spacial score (nSPS) is 18.2. The Morgan fingerprint density at radius 2 is 1.97 bits per heavy atom. The molecule has 166 valence electrons. The van der Waals surface area contributed by atoms with E-state index in [0.717, 1.165) is 0 Å². The number of alkyl halides is 2. The number of pyridine rings is 1. The first-order chi connectivity index (χ1) is 14.9. The average Bonchev–Trinajstić information content (AvgIpc) is 3.24. The van der Waals surface area contributed by atoms with Crippen LogP contribution in [0.25, 0.3) is 22.6 Å². The molecule has 3 aromatic rings. The number of carbonyl (C=O) groups is 1. The zero-order chi connectivity index (χ0) is 23.0. The molecule has 4 heterocycles. The molecule has 5 rings (SSSR count). The molecule has 0 amide bonds. The number of ether oxygens (including phenoxy) is 2. The number of carboxylic acid groups (broad SMARTS) is 1. The summed E-state index contributed by atoms with van der Waals surface area (Å²) in [4.78, 5) is 24.0. The number of fused-ring (bicyclic) bond motifs is 4. The van der Waals surface area contributed by atoms with Crippen LogP contribution in [0.3, 0.4) is 0 Å². The Morgan fingerprint density at radius 3 is 2.66 bits per heavy atom. The minimum absolute atomic E-state index is 0.0891. The van der Waals surface area contributed by atoms with Crippen molar-refractivity contribution < 1.29 is 28.2 Å². The van der Waals surface area contributed by atoms with Gasteiger partial charge >= 0.3 is 12.3 Å². The van der Waals surface area contributed by atoms with Crippen molar-refractivity contribution in [2.24, 2.45) is 5.41 Å². The number of para-hydroxylation sites is 1. The molecule has 1 atom stereocenters. The highest BCUT2D eigenvalue weighted by Crippen LogP contribution is 2.48. The third kappa shape index (κ3) is 3.05. The summed E-state index contributed by atoms with van der Waals surface area (Å²) in [6, 6.07) is 7.28. The lowest BCUT2D eigenvalue weighted by Crippen LogP contribution is -2.35. The Balaban J connectivity index is 1.70. The van der Waals surface area contributed by atoms with Crippen LogP contribution >= 0.6 is 0 Å². The van der Waals surface area contributed by atoms with Gasteiger partial charge in [-0.3, -0.25) is 9.48 Å². The van der Waals surface area contributed by atoms with Crippen LogP contribution in [-0.4, -0.2) is 31.7 Å². The lowest BCUT2D eigenvalue weighted by molar-refractivity contribution is -0.286. The molecule has 10 heteroatoms. The minimum Gasteiger partial charge on any atom is -0.477 e. The van der Waals surface area contributed by atoms with Gasteiger partial charge in [0.1, 0.15) is 5.56 Å². The second-order valence-electron chi connectivity index (χ2n) is 8.93. The van der Waals surface area contributed by atoms with E-state index in [9.17, 15) is 23.5 Å². The Bertz CT molecular complexity index is 1340. The predicted octanol–water partition coefficient (Wildman–Crippen LogP) is 4.00. The fourth-order valence-electron chi connectivity index (χ4n) is 4.18. The van der Waals surface area contributed by atoms with Gasteiger partial charge < -0.3 is 19.1 Å². The molecular formula is C22H19F2N3O5. The Kier molecular flexibility index (Phi) is 4.05. The summed E-state index contributed by atoms with van der Waals surface area (Å²) < 4.78 is 40.0. The largest absolute Gasteiger partial charge is 0.586 e. The van der Waals surface area contributed by atoms with Gasteiger partial charge in [-0.15, -0.1) is 8.78 Å². The van der Waals surface area contributed by atoms with E-state index in [-0.39, 0.29) is 28.5 Å². The highest BCUT2D eigenvalue weighted by molar-refractivity contribution is 5.87. The van der Waals surface area contributed by atoms with Crippen molar-refractivity contribution in [2.75, 3.05) is 0 Å². The number of halogens is 2. The van der Waals surface area contributed by atoms with Crippen LogP contribution in [0, 0.1) is 5.41 Å². The van der Waals surface area contributed by atoms with Gasteiger partial charge in [0.15, 0.2) is 16.9 Å². The maximum Gasteiger partial charge on any atom is 0.586 e. The van der Waals surface area contributed by atoms with Crippen LogP contribution < -0.4 is 14.9 Å². The lowest BCUT2D eigenvalue weighted by atomic mass is 9.85. The molecule has 0 aliphatic carbocycles. The number of nitrogens with zero attached hydrogens (tertiary/aromatic N) is 3. The van der Waals surface area contributed by atoms with Gasteiger partial charge in [-0.25, -0.2) is 4.79 Å². The number of benzene rings is 1. The number of hydrogen-bond acceptors (Lipinski definition) is 5. The molecule has 1 N–H and O–H groups in total. The van der Waals surface area contributed by atoms with Gasteiger partial charge in [-0.1, -0.05) is 26.8 Å². The first kappa shape index (κ1) is 20.2. The molecule has 2 aliphatic rings. The van der Waals surface area contributed by atoms with Crippen LogP contribution in [0.5, 0.6) is 11.5 Å². The fraction of sp³-hybridized carbons (Fsp3) is 0.318. The van der Waals surface area contributed by atoms with Crippen LogP contribution in [0.1, 0.15) is 37.2 Å². The Morgan fingerprint density at radius 1 is 1.22 bits per heavy atom. The quantitative estimate of drug-likeness (QED) is 0.643. The molecule has 1 aromatic carbocycles. The van der Waals surface area contributed by atoms with Crippen molar-refractivity contribution in [3.63, 3.8) is 0 Å². The topological polar surface area (TPSA) is 95.6 Å². The lowest BCUT2D eigenvalue weighted by Gasteiger charge is -2.38. The molecule has 0 fully saturated rings. The maximum absolute atomic E-state index is 13.6. The molecule has 0 saturated carbocycles. The van der Waals surface area contributed by atoms with Gasteiger partial charge in [-0.2, -0.15) is 5.10 Å². The van der Waals surface area contributed by atoms with E-state index in [1.807, 2.05) is 20.8 Å². The zero-order valence-corrected chi connectivity index (χ0v) is 17.4. The van der Waals surface area contributed by atoms with Gasteiger partial charge in [0.2, 0.25) is 0 Å². The second kappa shape index (κ2) is 6.41. The molecule has 0 saturated heterocycles. The van der Waals surface area contributed by atoms with Crippen molar-refractivity contribution >= 4 is 5.97 Å². The first-order valence-electron chi connectivity index (χ1n) is 9.91. The number of aromatic nitrogens is 3. The summed E-state index contributed by atoms with van der Waals surface area (Å²) in [5.41, 5.74) is 0.530. The fourth-order valence-corrected chi connectivity index (χ4v) is 4.18. The van der Waals surface area contributed by atoms with Crippen LogP contribution in [0.4, 0.5) is 8.78 Å². The molecule has 32 heavy (non-hydrogen) atoms. The second-order valence-corrected chi connectivity index (χ2v) is 8.93. The van der Waals surface area contributed by atoms with Crippen LogP contribution in [0.15, 0.2) is 41.3 Å². The van der Waals surface area contributed by atoms with Crippen molar-refractivity contribution in [1.82, 2.24) is 14.3 Å². The monoisotopic (exact) mass is 443 g/mol. The summed E-state index contributed by atoms with van der Waals surface area (Å²) in [7, 11) is 0. The van der Waals surface area contributed by atoms with E-state index in [2.05, 4.69) is 9.84 Å². The zero-order valence-electron chi connectivity index (χ0n) is 17.4. The Labute approximate surface area is 180 Å². The number of carboxylic acids is 1. The van der Waals surface area contributed by atoms with Gasteiger partial charge in [-0.05, 0) is 23.6 Å². The van der Waals surface area contributed by atoms with Gasteiger partial charge in [0.05, 0.1) is 29.7 Å². The summed E-state index contributed by atoms with van der Waals surface area (Å²) in [5.74, 6) is -1.50. The van der Waals surface area contributed by atoms with Crippen LogP contribution in [0.2, 0.25) is 0 Å². The summed E-state index contributed by atoms with van der Waals surface area (Å²) in [6.07, 6.45) is -2.40. The highest BCUT2D eigenvalue weighted by atomic mass is 19.3. The number of aromatic carboxylic acids is 1. The molecule has 0 spiro atoms. The average molecular weight is 443 g/mol. The third-order valence-corrected chi connectivity index (χ3v) is 5.74. The maximum atomic E-state index is 13.6. The smallest absolute Gasteiger partial charge is 0.477 e. The van der Waals surface area contributed by atoms with Crippen LogP contribution in [-0.2, 0) is 6.54 Å². The molecule has 2 aliphatic heterocycles. The summed E-state index contributed by atoms with van der Waals surface area (Å²) in [6.45, 7) is 6.42. The van der Waals surface area contributed by atoms with E-state index >= 15 is 0 Å². The first-order valence-corrected chi connectivity index (χ1v) is 9.91. The summed E-state index contributed by atoms with van der Waals surface area (Å²) in [5, 5.41) is 14.0. The van der Waals surface area contributed by atoms with Crippen molar-refractivity contribution in [3.8, 4) is 34.1 Å². The standard InChI is InChI=1S/C22H19F2N3O5/c1-21(2,3)18-10-27-15(14-8-16(28)12(20(29)30)9-26(14)18)7-13(25-27)11-5-4-6-17-19(11)32-22(23,24)31-17/h4-9,18H,10H2,1-3H3,(H,29,30)/t18-/m0/s1. The van der Waals surface area contributed by atoms with Crippen molar-refractivity contribution in [1.29, 1.82) is 0 Å². The predicted molar refractivity (Wildman–Crippen MR) is 109 cm³/mol. The molecule has 0 bridgehead atoms. The molecule has 2 aromatic heterocycles.